The molecule has 0 radical (unpaired) electrons. The lowest BCUT2D eigenvalue weighted by Crippen LogP contribution is -2.44. The lowest BCUT2D eigenvalue weighted by atomic mass is 10.0. The molecule has 3 unspecified atom stereocenters. The van der Waals surface area contributed by atoms with Gasteiger partial charge in [0.25, 0.3) is 0 Å². The van der Waals surface area contributed by atoms with E-state index >= 15 is 0 Å². The quantitative estimate of drug-likeness (QED) is 0.825. The molecule has 1 aliphatic rings. The first kappa shape index (κ1) is 15.0. The molecule has 2 N–H and O–H groups in total. The number of rotatable bonds is 5. The lowest BCUT2D eigenvalue weighted by molar-refractivity contribution is -0.126. The minimum atomic E-state index is -0.116. The molecule has 1 aliphatic heterocycles. The third-order valence-corrected chi connectivity index (χ3v) is 3.98. The summed E-state index contributed by atoms with van der Waals surface area (Å²) in [7, 11) is 1.90. The van der Waals surface area contributed by atoms with Crippen molar-refractivity contribution in [3.63, 3.8) is 0 Å². The summed E-state index contributed by atoms with van der Waals surface area (Å²) < 4.78 is 7.24. The maximum Gasteiger partial charge on any atom is 0.227 e. The monoisotopic (exact) mass is 280 g/mol. The minimum Gasteiger partial charge on any atom is -0.379 e. The van der Waals surface area contributed by atoms with Gasteiger partial charge in [0.15, 0.2) is 0 Å². The third-order valence-electron chi connectivity index (χ3n) is 3.98. The van der Waals surface area contributed by atoms with Crippen LogP contribution < -0.4 is 10.6 Å². The van der Waals surface area contributed by atoms with Crippen molar-refractivity contribution < 1.29 is 9.53 Å². The van der Waals surface area contributed by atoms with Crippen LogP contribution in [0.3, 0.4) is 0 Å². The number of amides is 1. The third kappa shape index (κ3) is 3.02. The van der Waals surface area contributed by atoms with Crippen LogP contribution in [0.2, 0.25) is 0 Å². The molecule has 1 fully saturated rings. The maximum atomic E-state index is 12.4. The molecule has 1 saturated heterocycles. The van der Waals surface area contributed by atoms with Crippen LogP contribution in [0.15, 0.2) is 6.20 Å². The largest absolute Gasteiger partial charge is 0.379 e. The standard InChI is InChI=1S/C14H24N4O2/c1-5-15-13-8-20-7-12(13)14(19)17-9(2)11-6-16-18(4)10(11)3/h6,9,12-13,15H,5,7-8H2,1-4H3,(H,17,19). The average molecular weight is 280 g/mol. The highest BCUT2D eigenvalue weighted by Gasteiger charge is 2.34. The van der Waals surface area contributed by atoms with Crippen molar-refractivity contribution in [2.24, 2.45) is 13.0 Å². The summed E-state index contributed by atoms with van der Waals surface area (Å²) in [5.41, 5.74) is 2.13. The number of hydrogen-bond donors (Lipinski definition) is 2. The molecule has 0 spiro atoms. The molecule has 0 saturated carbocycles. The van der Waals surface area contributed by atoms with Crippen LogP contribution in [0.25, 0.3) is 0 Å². The van der Waals surface area contributed by atoms with Gasteiger partial charge in [-0.3, -0.25) is 9.48 Å². The van der Waals surface area contributed by atoms with Crippen LogP contribution in [0.5, 0.6) is 0 Å². The number of carbonyl (C=O) groups is 1. The first-order valence-electron chi connectivity index (χ1n) is 7.14. The SMILES string of the molecule is CCNC1COCC1C(=O)NC(C)c1cnn(C)c1C. The van der Waals surface area contributed by atoms with Crippen molar-refractivity contribution in [1.82, 2.24) is 20.4 Å². The molecule has 0 aromatic carbocycles. The molecule has 112 valence electrons. The number of nitrogens with zero attached hydrogens (tertiary/aromatic N) is 2. The first-order chi connectivity index (χ1) is 9.54. The fourth-order valence-electron chi connectivity index (χ4n) is 2.62. The summed E-state index contributed by atoms with van der Waals surface area (Å²) in [6.07, 6.45) is 1.81. The van der Waals surface area contributed by atoms with E-state index in [-0.39, 0.29) is 23.9 Å². The highest BCUT2D eigenvalue weighted by molar-refractivity contribution is 5.80. The molecule has 1 amide bonds. The number of aryl methyl sites for hydroxylation is 1. The number of nitrogens with one attached hydrogen (secondary N) is 2. The smallest absolute Gasteiger partial charge is 0.227 e. The van der Waals surface area contributed by atoms with E-state index in [1.54, 1.807) is 0 Å². The average Bonchev–Trinajstić information content (AvgIpc) is 2.98. The van der Waals surface area contributed by atoms with E-state index in [2.05, 4.69) is 15.7 Å². The highest BCUT2D eigenvalue weighted by Crippen LogP contribution is 2.19. The molecule has 2 heterocycles. The summed E-state index contributed by atoms with van der Waals surface area (Å²) in [6.45, 7) is 7.96. The van der Waals surface area contributed by atoms with E-state index in [0.29, 0.717) is 13.2 Å². The summed E-state index contributed by atoms with van der Waals surface area (Å²) in [6, 6.07) is 0.0706. The van der Waals surface area contributed by atoms with Crippen molar-refractivity contribution in [1.29, 1.82) is 0 Å². The molecule has 6 nitrogen and oxygen atoms in total. The second-order valence-electron chi connectivity index (χ2n) is 5.35. The van der Waals surface area contributed by atoms with E-state index in [4.69, 9.17) is 4.74 Å². The molecule has 6 heteroatoms. The molecule has 1 aromatic rings. The first-order valence-corrected chi connectivity index (χ1v) is 7.14. The summed E-state index contributed by atoms with van der Waals surface area (Å²) in [5, 5.41) is 10.6. The van der Waals surface area contributed by atoms with Gasteiger partial charge in [0.1, 0.15) is 0 Å². The summed E-state index contributed by atoms with van der Waals surface area (Å²) in [4.78, 5) is 12.4. The van der Waals surface area contributed by atoms with Gasteiger partial charge >= 0.3 is 0 Å². The van der Waals surface area contributed by atoms with E-state index < -0.39 is 0 Å². The zero-order valence-electron chi connectivity index (χ0n) is 12.6. The van der Waals surface area contributed by atoms with Crippen molar-refractivity contribution in [2.45, 2.75) is 32.9 Å². The highest BCUT2D eigenvalue weighted by atomic mass is 16.5. The Balaban J connectivity index is 1.98. The summed E-state index contributed by atoms with van der Waals surface area (Å²) in [5.74, 6) is -0.0708. The molecule has 0 aliphatic carbocycles. The van der Waals surface area contributed by atoms with Gasteiger partial charge in [0.05, 0.1) is 31.4 Å². The fourth-order valence-corrected chi connectivity index (χ4v) is 2.62. The van der Waals surface area contributed by atoms with Crippen molar-refractivity contribution in [3.8, 4) is 0 Å². The van der Waals surface area contributed by atoms with Crippen molar-refractivity contribution in [2.75, 3.05) is 19.8 Å². The molecule has 0 bridgehead atoms. The van der Waals surface area contributed by atoms with E-state index in [1.165, 1.54) is 0 Å². The number of likely N-dealkylation sites (N-methyl/N-ethyl adjacent to an activating group) is 1. The molecule has 2 rings (SSSR count). The maximum absolute atomic E-state index is 12.4. The van der Waals surface area contributed by atoms with Crippen molar-refractivity contribution in [3.05, 3.63) is 17.5 Å². The second kappa shape index (κ2) is 6.37. The van der Waals surface area contributed by atoms with Gasteiger partial charge in [-0.1, -0.05) is 6.92 Å². The van der Waals surface area contributed by atoms with Crippen molar-refractivity contribution >= 4 is 5.91 Å². The number of aromatic nitrogens is 2. The second-order valence-corrected chi connectivity index (χ2v) is 5.35. The van der Waals surface area contributed by atoms with Crippen LogP contribution in [-0.4, -0.2) is 41.5 Å². The van der Waals surface area contributed by atoms with Gasteiger partial charge in [0.2, 0.25) is 5.91 Å². The molecule has 1 aromatic heterocycles. The van der Waals surface area contributed by atoms with Crippen LogP contribution >= 0.6 is 0 Å². The molecular formula is C14H24N4O2. The van der Waals surface area contributed by atoms with Gasteiger partial charge in [-0.25, -0.2) is 0 Å². The lowest BCUT2D eigenvalue weighted by Gasteiger charge is -2.21. The fraction of sp³-hybridized carbons (Fsp3) is 0.714. The van der Waals surface area contributed by atoms with E-state index in [0.717, 1.165) is 17.8 Å². The number of hydrogen-bond acceptors (Lipinski definition) is 4. The molecule has 3 atom stereocenters. The van der Waals surface area contributed by atoms with Gasteiger partial charge < -0.3 is 15.4 Å². The Labute approximate surface area is 119 Å². The molecule has 20 heavy (non-hydrogen) atoms. The zero-order valence-corrected chi connectivity index (χ0v) is 12.6. The van der Waals surface area contributed by atoms with Gasteiger partial charge in [-0.15, -0.1) is 0 Å². The predicted octanol–water partition coefficient (Wildman–Crippen LogP) is 0.530. The Kier molecular flexibility index (Phi) is 4.77. The van der Waals surface area contributed by atoms with Crippen LogP contribution in [-0.2, 0) is 16.6 Å². The Bertz CT molecular complexity index is 472. The predicted molar refractivity (Wildman–Crippen MR) is 76.3 cm³/mol. The van der Waals surface area contributed by atoms with Crippen LogP contribution in [0, 0.1) is 12.8 Å². The Morgan fingerprint density at radius 2 is 2.35 bits per heavy atom. The van der Waals surface area contributed by atoms with E-state index in [1.807, 2.05) is 38.7 Å². The van der Waals surface area contributed by atoms with Gasteiger partial charge in [-0.2, -0.15) is 5.10 Å². The van der Waals surface area contributed by atoms with E-state index in [9.17, 15) is 4.79 Å². The number of carbonyl (C=O) groups excluding carboxylic acids is 1. The van der Waals surface area contributed by atoms with Crippen LogP contribution in [0.1, 0.15) is 31.1 Å². The molecular weight excluding hydrogens is 256 g/mol. The Hall–Kier alpha value is -1.40. The van der Waals surface area contributed by atoms with Crippen LogP contribution in [0.4, 0.5) is 0 Å². The zero-order chi connectivity index (χ0) is 14.7. The minimum absolute atomic E-state index is 0.0425. The normalized spacial score (nSPS) is 23.8. The van der Waals surface area contributed by atoms with Gasteiger partial charge in [-0.05, 0) is 20.4 Å². The Morgan fingerprint density at radius 1 is 1.60 bits per heavy atom. The Morgan fingerprint density at radius 3 is 2.95 bits per heavy atom. The topological polar surface area (TPSA) is 68.2 Å². The number of ether oxygens (including phenoxy) is 1. The van der Waals surface area contributed by atoms with Gasteiger partial charge in [0, 0.05) is 24.3 Å². The summed E-state index contributed by atoms with van der Waals surface area (Å²) >= 11 is 0.